The van der Waals surface area contributed by atoms with Crippen molar-refractivity contribution in [1.29, 1.82) is 0 Å². The molecule has 2 aromatic heterocycles. The predicted octanol–water partition coefficient (Wildman–Crippen LogP) is 5.97. The van der Waals surface area contributed by atoms with Crippen LogP contribution in [0.15, 0.2) is 71.3 Å². The predicted molar refractivity (Wildman–Crippen MR) is 125 cm³/mol. The first kappa shape index (κ1) is 21.4. The topological polar surface area (TPSA) is 77.0 Å². The molecular formula is C23H19Cl2N3O2S. The summed E-state index contributed by atoms with van der Waals surface area (Å²) in [5.74, 6) is 0.985. The van der Waals surface area contributed by atoms with Crippen molar-refractivity contribution in [3.8, 4) is 11.3 Å². The van der Waals surface area contributed by atoms with E-state index in [1.165, 1.54) is 0 Å². The highest BCUT2D eigenvalue weighted by atomic mass is 35.5. The largest absolute Gasteiger partial charge is 0.461 e. The first-order chi connectivity index (χ1) is 14.9. The molecule has 4 aromatic rings. The fourth-order valence-corrected chi connectivity index (χ4v) is 4.03. The molecule has 0 radical (unpaired) electrons. The van der Waals surface area contributed by atoms with E-state index in [2.05, 4.69) is 4.98 Å². The van der Waals surface area contributed by atoms with Crippen LogP contribution in [-0.2, 0) is 17.6 Å². The Bertz CT molecular complexity index is 1280. The van der Waals surface area contributed by atoms with Gasteiger partial charge in [0.2, 0.25) is 5.91 Å². The van der Waals surface area contributed by atoms with Gasteiger partial charge in [0.25, 0.3) is 0 Å². The van der Waals surface area contributed by atoms with Crippen LogP contribution in [0.4, 0.5) is 0 Å². The molecule has 0 spiro atoms. The normalized spacial score (nSPS) is 12.1. The quantitative estimate of drug-likeness (QED) is 0.325. The van der Waals surface area contributed by atoms with E-state index in [1.54, 1.807) is 16.7 Å². The number of hydrogen-bond donors (Lipinski definition) is 2. The minimum absolute atomic E-state index is 0.436. The number of carbonyl (C=O) groups is 1. The van der Waals surface area contributed by atoms with E-state index in [9.17, 15) is 4.79 Å². The van der Waals surface area contributed by atoms with Crippen LogP contribution in [0.2, 0.25) is 10.0 Å². The van der Waals surface area contributed by atoms with Crippen LogP contribution in [0.3, 0.4) is 0 Å². The van der Waals surface area contributed by atoms with Gasteiger partial charge in [-0.1, -0.05) is 53.5 Å². The van der Waals surface area contributed by atoms with E-state index in [-0.39, 0.29) is 0 Å². The molecule has 8 heteroatoms. The van der Waals surface area contributed by atoms with E-state index >= 15 is 0 Å². The van der Waals surface area contributed by atoms with Crippen LogP contribution >= 0.6 is 35.4 Å². The third-order valence-electron chi connectivity index (χ3n) is 4.96. The summed E-state index contributed by atoms with van der Waals surface area (Å²) < 4.78 is 8.11. The molecule has 1 atom stereocenters. The summed E-state index contributed by atoms with van der Waals surface area (Å²) >= 11 is 17.5. The van der Waals surface area contributed by atoms with E-state index in [1.807, 2.05) is 54.7 Å². The Morgan fingerprint density at radius 3 is 2.58 bits per heavy atom. The molecule has 2 aromatic carbocycles. The molecule has 0 aliphatic heterocycles. The van der Waals surface area contributed by atoms with Crippen molar-refractivity contribution < 1.29 is 9.21 Å². The monoisotopic (exact) mass is 471 g/mol. The highest BCUT2D eigenvalue weighted by Gasteiger charge is 2.20. The average molecular weight is 472 g/mol. The lowest BCUT2D eigenvalue weighted by atomic mass is 10.1. The molecule has 0 saturated heterocycles. The van der Waals surface area contributed by atoms with Crippen LogP contribution < -0.4 is 5.73 Å². The van der Waals surface area contributed by atoms with Crippen LogP contribution in [0.25, 0.3) is 11.3 Å². The van der Waals surface area contributed by atoms with E-state index in [4.69, 9.17) is 45.6 Å². The maximum absolute atomic E-state index is 12.1. The van der Waals surface area contributed by atoms with Gasteiger partial charge >= 0.3 is 0 Å². The number of benzene rings is 2. The number of aromatic amines is 1. The zero-order valence-corrected chi connectivity index (χ0v) is 18.7. The summed E-state index contributed by atoms with van der Waals surface area (Å²) in [6, 6.07) is 18.2. The number of imidazole rings is 1. The number of aromatic nitrogens is 2. The van der Waals surface area contributed by atoms with Crippen molar-refractivity contribution >= 4 is 41.3 Å². The highest BCUT2D eigenvalue weighted by molar-refractivity contribution is 7.71. The highest BCUT2D eigenvalue weighted by Crippen LogP contribution is 2.30. The lowest BCUT2D eigenvalue weighted by molar-refractivity contribution is -0.121. The Morgan fingerprint density at radius 2 is 1.87 bits per heavy atom. The molecule has 1 amide bonds. The van der Waals surface area contributed by atoms with Gasteiger partial charge in [-0.2, -0.15) is 0 Å². The van der Waals surface area contributed by atoms with E-state index < -0.39 is 11.9 Å². The first-order valence-electron chi connectivity index (χ1n) is 9.58. The summed E-state index contributed by atoms with van der Waals surface area (Å²) in [5.41, 5.74) is 8.34. The van der Waals surface area contributed by atoms with Crippen LogP contribution in [0.1, 0.15) is 23.1 Å². The first-order valence-corrected chi connectivity index (χ1v) is 10.7. The van der Waals surface area contributed by atoms with Crippen molar-refractivity contribution in [2.24, 2.45) is 5.73 Å². The molecule has 3 N–H and O–H groups in total. The van der Waals surface area contributed by atoms with Gasteiger partial charge in [0.1, 0.15) is 17.6 Å². The number of nitrogens with two attached hydrogens (primary N) is 1. The molecule has 0 saturated carbocycles. The summed E-state index contributed by atoms with van der Waals surface area (Å²) in [4.78, 5) is 15.3. The van der Waals surface area contributed by atoms with Crippen LogP contribution in [-0.4, -0.2) is 15.5 Å². The van der Waals surface area contributed by atoms with Gasteiger partial charge in [-0.3, -0.25) is 4.79 Å². The molecule has 1 unspecified atom stereocenters. The van der Waals surface area contributed by atoms with Crippen molar-refractivity contribution in [2.75, 3.05) is 0 Å². The lowest BCUT2D eigenvalue weighted by Crippen LogP contribution is -2.28. The van der Waals surface area contributed by atoms with Gasteiger partial charge in [0.15, 0.2) is 4.77 Å². The number of primary amides is 1. The summed E-state index contributed by atoms with van der Waals surface area (Å²) in [5, 5.41) is 0.958. The Kier molecular flexibility index (Phi) is 6.32. The lowest BCUT2D eigenvalue weighted by Gasteiger charge is -2.15. The number of hydrogen-bond acceptors (Lipinski definition) is 3. The SMILES string of the molecule is NC(=O)C(Cc1ccccc1)n1cc(Cc2ccc(-c3ccc(Cl)c(Cl)c3)o2)[nH]c1=S. The van der Waals surface area contributed by atoms with Crippen LogP contribution in [0.5, 0.6) is 0 Å². The second kappa shape index (κ2) is 9.14. The maximum atomic E-state index is 12.1. The molecule has 5 nitrogen and oxygen atoms in total. The van der Waals surface area contributed by atoms with Gasteiger partial charge < -0.3 is 19.7 Å². The van der Waals surface area contributed by atoms with E-state index in [0.29, 0.717) is 33.4 Å². The molecule has 0 fully saturated rings. The van der Waals surface area contributed by atoms with Crippen molar-refractivity contribution in [1.82, 2.24) is 9.55 Å². The number of amides is 1. The number of nitrogens with one attached hydrogen (secondary N) is 1. The number of carbonyl (C=O) groups excluding carboxylic acids is 1. The Hall–Kier alpha value is -2.80. The second-order valence-corrected chi connectivity index (χ2v) is 8.37. The zero-order chi connectivity index (χ0) is 22.0. The molecule has 31 heavy (non-hydrogen) atoms. The molecule has 2 heterocycles. The molecule has 0 bridgehead atoms. The number of H-pyrrole nitrogens is 1. The summed E-state index contributed by atoms with van der Waals surface area (Å²) in [7, 11) is 0. The van der Waals surface area contributed by atoms with Crippen molar-refractivity contribution in [3.05, 3.63) is 98.7 Å². The van der Waals surface area contributed by atoms with Crippen molar-refractivity contribution in [2.45, 2.75) is 18.9 Å². The number of halogens is 2. The van der Waals surface area contributed by atoms with Crippen molar-refractivity contribution in [3.63, 3.8) is 0 Å². The van der Waals surface area contributed by atoms with Gasteiger partial charge in [-0.25, -0.2) is 0 Å². The molecule has 158 valence electrons. The number of rotatable bonds is 7. The molecule has 0 aliphatic carbocycles. The zero-order valence-electron chi connectivity index (χ0n) is 16.3. The minimum Gasteiger partial charge on any atom is -0.461 e. The molecular weight excluding hydrogens is 453 g/mol. The number of nitrogens with zero attached hydrogens (tertiary/aromatic N) is 1. The second-order valence-electron chi connectivity index (χ2n) is 7.17. The summed E-state index contributed by atoms with van der Waals surface area (Å²) in [6.07, 6.45) is 2.76. The smallest absolute Gasteiger partial charge is 0.240 e. The third kappa shape index (κ3) is 4.93. The van der Waals surface area contributed by atoms with Crippen LogP contribution in [0, 0.1) is 4.77 Å². The fourth-order valence-electron chi connectivity index (χ4n) is 3.42. The Morgan fingerprint density at radius 1 is 1.10 bits per heavy atom. The van der Waals surface area contributed by atoms with Gasteiger partial charge in [-0.15, -0.1) is 0 Å². The number of furan rings is 1. The molecule has 0 aliphatic rings. The van der Waals surface area contributed by atoms with Gasteiger partial charge in [0, 0.05) is 30.3 Å². The standard InChI is InChI=1S/C23H19Cl2N3O2S/c24-18-8-6-15(11-19(18)25)21-9-7-17(30-21)12-16-13-28(23(31)27-16)20(22(26)29)10-14-4-2-1-3-5-14/h1-9,11,13,20H,10,12H2,(H2,26,29)(H,27,31). The minimum atomic E-state index is -0.580. The Labute approximate surface area is 194 Å². The third-order valence-corrected chi connectivity index (χ3v) is 6.02. The molecule has 4 rings (SSSR count). The maximum Gasteiger partial charge on any atom is 0.240 e. The van der Waals surface area contributed by atoms with Gasteiger partial charge in [0.05, 0.1) is 10.0 Å². The Balaban J connectivity index is 1.55. The van der Waals surface area contributed by atoms with E-state index in [0.717, 1.165) is 22.6 Å². The summed E-state index contributed by atoms with van der Waals surface area (Å²) in [6.45, 7) is 0. The average Bonchev–Trinajstić information content (AvgIpc) is 3.35. The van der Waals surface area contributed by atoms with Gasteiger partial charge in [-0.05, 0) is 48.1 Å². The fraction of sp³-hybridized carbons (Fsp3) is 0.130.